The number of rotatable bonds is 0. The number of phenolic OH excluding ortho intramolecular Hbond substituents is 1. The molecule has 0 heterocycles. The quantitative estimate of drug-likeness (QED) is 0.656. The summed E-state index contributed by atoms with van der Waals surface area (Å²) in [6, 6.07) is 5.30. The van der Waals surface area contributed by atoms with E-state index in [-0.39, 0.29) is 17.5 Å². The van der Waals surface area contributed by atoms with Crippen molar-refractivity contribution in [1.29, 1.82) is 0 Å². The lowest BCUT2D eigenvalue weighted by Crippen LogP contribution is -2.17. The summed E-state index contributed by atoms with van der Waals surface area (Å²) in [5.74, 6) is 0.481. The Morgan fingerprint density at radius 1 is 1.38 bits per heavy atom. The summed E-state index contributed by atoms with van der Waals surface area (Å²) >= 11 is 0. The van der Waals surface area contributed by atoms with Gasteiger partial charge in [0.15, 0.2) is 0 Å². The highest BCUT2D eigenvalue weighted by atomic mass is 16.3. The van der Waals surface area contributed by atoms with Gasteiger partial charge in [-0.15, -0.1) is 0 Å². The van der Waals surface area contributed by atoms with Crippen molar-refractivity contribution in [2.45, 2.75) is 25.7 Å². The molecule has 2 rings (SSSR count). The van der Waals surface area contributed by atoms with E-state index < -0.39 is 0 Å². The molecule has 1 N–H and O–H groups in total. The molecule has 0 aromatic heterocycles. The largest absolute Gasteiger partial charge is 0.508 e. The summed E-state index contributed by atoms with van der Waals surface area (Å²) in [5.41, 5.74) is 2.20. The highest BCUT2D eigenvalue weighted by Gasteiger charge is 2.23. The SMILES string of the molecule is CC1C(=O)CCc2ccc(O)cc21. The van der Waals surface area contributed by atoms with Crippen LogP contribution in [0.15, 0.2) is 18.2 Å². The average Bonchev–Trinajstić information content (AvgIpc) is 2.12. The first-order valence-corrected chi connectivity index (χ1v) is 4.53. The second-order valence-electron chi connectivity index (χ2n) is 3.57. The summed E-state index contributed by atoms with van der Waals surface area (Å²) in [4.78, 5) is 11.4. The molecule has 1 atom stereocenters. The van der Waals surface area contributed by atoms with E-state index in [1.54, 1.807) is 12.1 Å². The van der Waals surface area contributed by atoms with E-state index in [4.69, 9.17) is 0 Å². The zero-order chi connectivity index (χ0) is 9.42. The van der Waals surface area contributed by atoms with Gasteiger partial charge in [-0.25, -0.2) is 0 Å². The second kappa shape index (κ2) is 2.87. The van der Waals surface area contributed by atoms with Crippen molar-refractivity contribution in [3.63, 3.8) is 0 Å². The summed E-state index contributed by atoms with van der Waals surface area (Å²) in [6.45, 7) is 1.90. The highest BCUT2D eigenvalue weighted by Crippen LogP contribution is 2.30. The zero-order valence-electron chi connectivity index (χ0n) is 7.58. The fourth-order valence-electron chi connectivity index (χ4n) is 1.86. The molecular formula is C11H12O2. The molecule has 2 heteroatoms. The fraction of sp³-hybridized carbons (Fsp3) is 0.364. The smallest absolute Gasteiger partial charge is 0.140 e. The van der Waals surface area contributed by atoms with Crippen LogP contribution < -0.4 is 0 Å². The lowest BCUT2D eigenvalue weighted by molar-refractivity contribution is -0.120. The van der Waals surface area contributed by atoms with Crippen molar-refractivity contribution in [3.8, 4) is 5.75 Å². The number of carbonyl (C=O) groups excluding carboxylic acids is 1. The number of aryl methyl sites for hydroxylation is 1. The number of fused-ring (bicyclic) bond motifs is 1. The van der Waals surface area contributed by atoms with E-state index in [1.807, 2.05) is 13.0 Å². The Morgan fingerprint density at radius 3 is 2.92 bits per heavy atom. The van der Waals surface area contributed by atoms with Crippen LogP contribution in [0.5, 0.6) is 5.75 Å². The molecule has 0 saturated heterocycles. The summed E-state index contributed by atoms with van der Waals surface area (Å²) < 4.78 is 0. The number of aromatic hydroxyl groups is 1. The van der Waals surface area contributed by atoms with E-state index in [2.05, 4.69) is 0 Å². The van der Waals surface area contributed by atoms with Crippen LogP contribution in [-0.2, 0) is 11.2 Å². The molecule has 1 unspecified atom stereocenters. The fourth-order valence-corrected chi connectivity index (χ4v) is 1.86. The molecule has 0 bridgehead atoms. The zero-order valence-corrected chi connectivity index (χ0v) is 7.58. The van der Waals surface area contributed by atoms with Crippen molar-refractivity contribution in [2.24, 2.45) is 0 Å². The minimum Gasteiger partial charge on any atom is -0.508 e. The standard InChI is InChI=1S/C11H12O2/c1-7-10-6-9(12)4-2-8(10)3-5-11(7)13/h2,4,6-7,12H,3,5H2,1H3. The Kier molecular flexibility index (Phi) is 1.83. The monoisotopic (exact) mass is 176 g/mol. The van der Waals surface area contributed by atoms with Crippen molar-refractivity contribution in [3.05, 3.63) is 29.3 Å². The first-order valence-electron chi connectivity index (χ1n) is 4.53. The lowest BCUT2D eigenvalue weighted by atomic mass is 9.83. The van der Waals surface area contributed by atoms with E-state index >= 15 is 0 Å². The molecule has 0 radical (unpaired) electrons. The lowest BCUT2D eigenvalue weighted by Gasteiger charge is -2.20. The molecule has 0 aliphatic heterocycles. The van der Waals surface area contributed by atoms with Gasteiger partial charge in [-0.05, 0) is 29.7 Å². The van der Waals surface area contributed by atoms with E-state index in [9.17, 15) is 9.90 Å². The van der Waals surface area contributed by atoms with Gasteiger partial charge in [0.2, 0.25) is 0 Å². The molecule has 0 amide bonds. The van der Waals surface area contributed by atoms with Gasteiger partial charge in [0.05, 0.1) is 0 Å². The van der Waals surface area contributed by atoms with Crippen molar-refractivity contribution >= 4 is 5.78 Å². The van der Waals surface area contributed by atoms with Crippen LogP contribution in [0.1, 0.15) is 30.4 Å². The number of carbonyl (C=O) groups is 1. The maximum absolute atomic E-state index is 11.4. The van der Waals surface area contributed by atoms with Gasteiger partial charge in [0.25, 0.3) is 0 Å². The van der Waals surface area contributed by atoms with Gasteiger partial charge in [-0.2, -0.15) is 0 Å². The molecule has 0 saturated carbocycles. The number of benzene rings is 1. The van der Waals surface area contributed by atoms with Crippen molar-refractivity contribution in [1.82, 2.24) is 0 Å². The Labute approximate surface area is 77.2 Å². The number of hydrogen-bond donors (Lipinski definition) is 1. The molecule has 1 aliphatic carbocycles. The second-order valence-corrected chi connectivity index (χ2v) is 3.57. The number of phenols is 1. The highest BCUT2D eigenvalue weighted by molar-refractivity contribution is 5.87. The first kappa shape index (κ1) is 8.30. The third-order valence-electron chi connectivity index (χ3n) is 2.72. The summed E-state index contributed by atoms with van der Waals surface area (Å²) in [6.07, 6.45) is 1.46. The van der Waals surface area contributed by atoms with E-state index in [1.165, 1.54) is 5.56 Å². The molecular weight excluding hydrogens is 164 g/mol. The molecule has 13 heavy (non-hydrogen) atoms. The van der Waals surface area contributed by atoms with Gasteiger partial charge in [-0.3, -0.25) is 4.79 Å². The van der Waals surface area contributed by atoms with Crippen LogP contribution in [0.4, 0.5) is 0 Å². The molecule has 2 nitrogen and oxygen atoms in total. The number of Topliss-reactive ketones (excluding diaryl/α,β-unsaturated/α-hetero) is 1. The maximum Gasteiger partial charge on any atom is 0.140 e. The molecule has 1 aromatic rings. The third kappa shape index (κ3) is 1.32. The average molecular weight is 176 g/mol. The predicted molar refractivity (Wildman–Crippen MR) is 49.8 cm³/mol. The van der Waals surface area contributed by atoms with Gasteiger partial charge < -0.3 is 5.11 Å². The summed E-state index contributed by atoms with van der Waals surface area (Å²) in [5, 5.41) is 9.28. The maximum atomic E-state index is 11.4. The van der Waals surface area contributed by atoms with E-state index in [0.29, 0.717) is 6.42 Å². The van der Waals surface area contributed by atoms with Crippen LogP contribution in [-0.4, -0.2) is 10.9 Å². The van der Waals surface area contributed by atoms with Crippen LogP contribution in [0.2, 0.25) is 0 Å². The Morgan fingerprint density at radius 2 is 2.15 bits per heavy atom. The first-order chi connectivity index (χ1) is 6.18. The molecule has 0 spiro atoms. The summed E-state index contributed by atoms with van der Waals surface area (Å²) in [7, 11) is 0. The Bertz CT molecular complexity index is 355. The van der Waals surface area contributed by atoms with Gasteiger partial charge >= 0.3 is 0 Å². The van der Waals surface area contributed by atoms with Gasteiger partial charge in [-0.1, -0.05) is 13.0 Å². The molecule has 68 valence electrons. The Hall–Kier alpha value is -1.31. The Balaban J connectivity index is 2.51. The predicted octanol–water partition coefficient (Wildman–Crippen LogP) is 2.01. The number of ketones is 1. The normalized spacial score (nSPS) is 21.3. The molecule has 1 aliphatic rings. The van der Waals surface area contributed by atoms with Gasteiger partial charge in [0.1, 0.15) is 11.5 Å². The van der Waals surface area contributed by atoms with E-state index in [0.717, 1.165) is 12.0 Å². The van der Waals surface area contributed by atoms with Crippen LogP contribution in [0.3, 0.4) is 0 Å². The van der Waals surface area contributed by atoms with Crippen LogP contribution >= 0.6 is 0 Å². The number of hydrogen-bond acceptors (Lipinski definition) is 2. The molecule has 1 aromatic carbocycles. The minimum atomic E-state index is -0.0455. The topological polar surface area (TPSA) is 37.3 Å². The third-order valence-corrected chi connectivity index (χ3v) is 2.72. The van der Waals surface area contributed by atoms with Crippen molar-refractivity contribution in [2.75, 3.05) is 0 Å². The van der Waals surface area contributed by atoms with Crippen LogP contribution in [0.25, 0.3) is 0 Å². The van der Waals surface area contributed by atoms with Crippen molar-refractivity contribution < 1.29 is 9.90 Å². The van der Waals surface area contributed by atoms with Gasteiger partial charge in [0, 0.05) is 12.3 Å². The molecule has 0 fully saturated rings. The van der Waals surface area contributed by atoms with Crippen LogP contribution in [0, 0.1) is 0 Å². The minimum absolute atomic E-state index is 0.0455.